The molecule has 0 spiro atoms. The molecule has 0 saturated carbocycles. The Hall–Kier alpha value is -6.36. The molecule has 0 atom stereocenters. The van der Waals surface area contributed by atoms with Gasteiger partial charge < -0.3 is 24.1 Å². The summed E-state index contributed by atoms with van der Waals surface area (Å²) in [6, 6.07) is 16.2. The van der Waals surface area contributed by atoms with Gasteiger partial charge in [0, 0.05) is 41.2 Å². The minimum atomic E-state index is -1.08. The molecule has 6 aromatic rings. The van der Waals surface area contributed by atoms with Crippen LogP contribution in [0.5, 0.6) is 0 Å². The average molecular weight is 731 g/mol. The quantitative estimate of drug-likeness (QED) is 0.197. The molecule has 0 radical (unpaired) electrons. The lowest BCUT2D eigenvalue weighted by molar-refractivity contribution is -0.144. The van der Waals surface area contributed by atoms with Gasteiger partial charge in [0.05, 0.1) is 19.3 Å². The van der Waals surface area contributed by atoms with Crippen molar-refractivity contribution >= 4 is 34.3 Å². The molecule has 53 heavy (non-hydrogen) atoms. The molecule has 4 heterocycles. The van der Waals surface area contributed by atoms with Gasteiger partial charge in [-0.3, -0.25) is 37.4 Å². The topological polar surface area (TPSA) is 207 Å². The maximum atomic E-state index is 12.3. The number of hydrogen-bond donors (Lipinski definition) is 2. The zero-order valence-electron chi connectivity index (χ0n) is 30.3. The SMILES string of the molecule is Cc1ccc(CCO)cc1.Cc1ccc(CCOC(=O)Cn2cnc3c2c(=O)n(C)c(=O)n3C)cc1.Cn1c(=O)c2c(ncn2CC(=O)O)n(C)c1=O. The van der Waals surface area contributed by atoms with Crippen LogP contribution in [-0.2, 0) is 68.4 Å². The molecule has 2 aromatic carbocycles. The number of benzene rings is 2. The smallest absolute Gasteiger partial charge is 0.332 e. The van der Waals surface area contributed by atoms with Gasteiger partial charge in [0.25, 0.3) is 11.1 Å². The number of aliphatic carboxylic acids is 1. The summed E-state index contributed by atoms with van der Waals surface area (Å²) in [4.78, 5) is 78.4. The molecule has 0 aliphatic rings. The Bertz CT molecular complexity index is 2480. The Morgan fingerprint density at radius 3 is 1.47 bits per heavy atom. The van der Waals surface area contributed by atoms with Gasteiger partial charge in [-0.25, -0.2) is 19.6 Å². The van der Waals surface area contributed by atoms with Crippen molar-refractivity contribution in [2.24, 2.45) is 28.2 Å². The fraction of sp³-hybridized carbons (Fsp3) is 0.333. The van der Waals surface area contributed by atoms with Gasteiger partial charge in [0.2, 0.25) is 0 Å². The third-order valence-corrected chi connectivity index (χ3v) is 8.33. The number of carboxylic acids is 1. The van der Waals surface area contributed by atoms with Gasteiger partial charge in [-0.1, -0.05) is 59.7 Å². The molecule has 0 amide bonds. The molecule has 4 aromatic heterocycles. The maximum absolute atomic E-state index is 12.3. The number of hydrogen-bond acceptors (Lipinski definition) is 10. The molecule has 0 unspecified atom stereocenters. The van der Waals surface area contributed by atoms with E-state index in [0.29, 0.717) is 6.42 Å². The van der Waals surface area contributed by atoms with Gasteiger partial charge in [0.15, 0.2) is 22.3 Å². The lowest BCUT2D eigenvalue weighted by Gasteiger charge is -2.08. The van der Waals surface area contributed by atoms with Crippen LogP contribution >= 0.6 is 0 Å². The number of ether oxygens (including phenoxy) is 1. The standard InChI is InChI=1S/C18H20N4O4.C9H10N4O4.C9H12O/c1-12-4-6-13(7-5-12)8-9-26-14(23)10-22-11-19-16-15(22)17(24)21(3)18(25)20(16)2;1-11-7-6(8(16)12(2)9(11)17)13(4-10-7)3-5(14)15;1-8-2-4-9(5-3-8)6-7-10/h4-7,11H,8-10H2,1-3H3;4H,3H2,1-2H3,(H,14,15);2-5,10H,6-7H2,1H3. The second kappa shape index (κ2) is 17.2. The Kier molecular flexibility index (Phi) is 12.8. The number of esters is 1. The van der Waals surface area contributed by atoms with Crippen molar-refractivity contribution in [3.63, 3.8) is 0 Å². The van der Waals surface area contributed by atoms with E-state index in [0.717, 1.165) is 21.1 Å². The summed E-state index contributed by atoms with van der Waals surface area (Å²) in [6.07, 6.45) is 3.99. The summed E-state index contributed by atoms with van der Waals surface area (Å²) in [5, 5.41) is 17.3. The van der Waals surface area contributed by atoms with Crippen LogP contribution in [0.2, 0.25) is 0 Å². The van der Waals surface area contributed by atoms with E-state index in [1.165, 1.54) is 75.8 Å². The van der Waals surface area contributed by atoms with Crippen LogP contribution in [0, 0.1) is 13.8 Å². The molecule has 0 saturated heterocycles. The molecule has 0 aliphatic carbocycles. The number of aliphatic hydroxyl groups excluding tert-OH is 1. The van der Waals surface area contributed by atoms with E-state index in [9.17, 15) is 28.8 Å². The Morgan fingerprint density at radius 2 is 1.06 bits per heavy atom. The largest absolute Gasteiger partial charge is 0.480 e. The molecule has 0 aliphatic heterocycles. The van der Waals surface area contributed by atoms with E-state index < -0.39 is 34.4 Å². The molecule has 280 valence electrons. The van der Waals surface area contributed by atoms with Crippen LogP contribution in [0.25, 0.3) is 22.3 Å². The number of carbonyl (C=O) groups is 2. The lowest BCUT2D eigenvalue weighted by atomic mass is 10.1. The molecule has 6 rings (SSSR count). The van der Waals surface area contributed by atoms with Gasteiger partial charge in [-0.05, 0) is 31.4 Å². The van der Waals surface area contributed by atoms with Crippen molar-refractivity contribution in [1.29, 1.82) is 0 Å². The Balaban J connectivity index is 0.000000198. The zero-order valence-corrected chi connectivity index (χ0v) is 30.3. The third kappa shape index (κ3) is 9.31. The highest BCUT2D eigenvalue weighted by atomic mass is 16.5. The summed E-state index contributed by atoms with van der Waals surface area (Å²) < 4.78 is 12.3. The van der Waals surface area contributed by atoms with E-state index in [4.69, 9.17) is 14.9 Å². The van der Waals surface area contributed by atoms with Crippen LogP contribution in [-0.4, -0.2) is 72.7 Å². The van der Waals surface area contributed by atoms with Crippen molar-refractivity contribution in [2.45, 2.75) is 39.8 Å². The van der Waals surface area contributed by atoms with E-state index in [-0.39, 0.29) is 48.6 Å². The first kappa shape index (κ1) is 39.4. The van der Waals surface area contributed by atoms with E-state index in [1.807, 2.05) is 43.3 Å². The Morgan fingerprint density at radius 1 is 0.642 bits per heavy atom. The normalized spacial score (nSPS) is 10.8. The summed E-state index contributed by atoms with van der Waals surface area (Å²) >= 11 is 0. The number of aryl methyl sites for hydroxylation is 4. The van der Waals surface area contributed by atoms with Crippen LogP contribution in [0.15, 0.2) is 80.4 Å². The number of nitrogens with zero attached hydrogens (tertiary/aromatic N) is 8. The summed E-state index contributed by atoms with van der Waals surface area (Å²) in [5.41, 5.74) is 3.45. The molecule has 0 bridgehead atoms. The number of aliphatic hydroxyl groups is 1. The Labute approximate surface area is 302 Å². The van der Waals surface area contributed by atoms with Crippen LogP contribution in [0.3, 0.4) is 0 Å². The van der Waals surface area contributed by atoms with Crippen molar-refractivity contribution in [3.05, 3.63) is 125 Å². The molecular weight excluding hydrogens is 688 g/mol. The highest BCUT2D eigenvalue weighted by Gasteiger charge is 2.17. The van der Waals surface area contributed by atoms with Gasteiger partial charge in [0.1, 0.15) is 13.1 Å². The monoisotopic (exact) mass is 730 g/mol. The highest BCUT2D eigenvalue weighted by molar-refractivity contribution is 5.75. The highest BCUT2D eigenvalue weighted by Crippen LogP contribution is 2.08. The minimum Gasteiger partial charge on any atom is -0.480 e. The predicted molar refractivity (Wildman–Crippen MR) is 196 cm³/mol. The van der Waals surface area contributed by atoms with E-state index in [1.54, 1.807) is 0 Å². The predicted octanol–water partition coefficient (Wildman–Crippen LogP) is 0.576. The first-order valence-electron chi connectivity index (χ1n) is 16.5. The van der Waals surface area contributed by atoms with Crippen molar-refractivity contribution in [3.8, 4) is 0 Å². The first-order chi connectivity index (χ1) is 25.1. The van der Waals surface area contributed by atoms with Crippen molar-refractivity contribution in [1.82, 2.24) is 37.4 Å². The summed E-state index contributed by atoms with van der Waals surface area (Å²) in [6.45, 7) is 4.05. The minimum absolute atomic E-state index is 0.108. The third-order valence-electron chi connectivity index (χ3n) is 8.33. The maximum Gasteiger partial charge on any atom is 0.332 e. The van der Waals surface area contributed by atoms with Crippen LogP contribution < -0.4 is 22.5 Å². The second-order valence-corrected chi connectivity index (χ2v) is 12.3. The van der Waals surface area contributed by atoms with Gasteiger partial charge >= 0.3 is 23.3 Å². The lowest BCUT2D eigenvalue weighted by Crippen LogP contribution is -2.37. The summed E-state index contributed by atoms with van der Waals surface area (Å²) in [5.74, 6) is -1.55. The second-order valence-electron chi connectivity index (χ2n) is 12.3. The number of aromatic nitrogens is 8. The summed E-state index contributed by atoms with van der Waals surface area (Å²) in [7, 11) is 5.73. The molecule has 0 fully saturated rings. The fourth-order valence-electron chi connectivity index (χ4n) is 5.29. The first-order valence-corrected chi connectivity index (χ1v) is 16.5. The van der Waals surface area contributed by atoms with Crippen LogP contribution in [0.4, 0.5) is 0 Å². The molecule has 17 heteroatoms. The van der Waals surface area contributed by atoms with Crippen LogP contribution in [0.1, 0.15) is 22.3 Å². The number of rotatable bonds is 9. The number of fused-ring (bicyclic) bond motifs is 2. The molecular formula is C36H42N8O9. The van der Waals surface area contributed by atoms with E-state index in [2.05, 4.69) is 29.0 Å². The van der Waals surface area contributed by atoms with Crippen molar-refractivity contribution < 1.29 is 24.5 Å². The molecule has 17 nitrogen and oxygen atoms in total. The van der Waals surface area contributed by atoms with Crippen molar-refractivity contribution in [2.75, 3.05) is 13.2 Å². The number of carboxylic acid groups (broad SMARTS) is 1. The zero-order chi connectivity index (χ0) is 39.0. The molecule has 2 N–H and O–H groups in total. The average Bonchev–Trinajstić information content (AvgIpc) is 3.75. The fourth-order valence-corrected chi connectivity index (χ4v) is 5.29. The van der Waals surface area contributed by atoms with E-state index >= 15 is 0 Å². The number of imidazole rings is 2. The number of carbonyl (C=O) groups excluding carboxylic acids is 1. The van der Waals surface area contributed by atoms with Gasteiger partial charge in [-0.15, -0.1) is 0 Å². The van der Waals surface area contributed by atoms with Gasteiger partial charge in [-0.2, -0.15) is 0 Å².